The number of carbonyl (C=O) groups excluding carboxylic acids is 1. The monoisotopic (exact) mass is 942 g/mol. The van der Waals surface area contributed by atoms with E-state index in [9.17, 15) is 65.8 Å². The van der Waals surface area contributed by atoms with Crippen LogP contribution in [0.2, 0.25) is 0 Å². The number of aliphatic carboxylic acids is 1. The van der Waals surface area contributed by atoms with Crippen LogP contribution in [-0.2, 0) is 38.0 Å². The van der Waals surface area contributed by atoms with Crippen molar-refractivity contribution < 1.29 is 94.2 Å². The topological polar surface area (TPSA) is 312 Å². The van der Waals surface area contributed by atoms with Crippen molar-refractivity contribution in [2.24, 2.45) is 50.2 Å². The quantitative estimate of drug-likeness (QED) is 0.0856. The largest absolute Gasteiger partial charge is 0.479 e. The predicted molar refractivity (Wildman–Crippen MR) is 226 cm³/mol. The Morgan fingerprint density at radius 2 is 1.39 bits per heavy atom. The summed E-state index contributed by atoms with van der Waals surface area (Å²) in [6.45, 7) is 14.3. The number of esters is 1. The van der Waals surface area contributed by atoms with E-state index in [0.717, 1.165) is 18.4 Å². The highest BCUT2D eigenvalue weighted by molar-refractivity contribution is 5.80. The lowest BCUT2D eigenvalue weighted by Gasteiger charge is -2.71. The summed E-state index contributed by atoms with van der Waals surface area (Å²) in [5.41, 5.74) is -2.16. The molecular formula is C47H74O19. The molecular weight excluding hydrogens is 868 g/mol. The van der Waals surface area contributed by atoms with Gasteiger partial charge in [0.05, 0.1) is 25.4 Å². The molecule has 8 rings (SSSR count). The number of hydrogen-bond acceptors (Lipinski definition) is 18. The van der Waals surface area contributed by atoms with E-state index in [4.69, 9.17) is 28.4 Å². The molecule has 19 nitrogen and oxygen atoms in total. The molecule has 5 aliphatic carbocycles. The summed E-state index contributed by atoms with van der Waals surface area (Å²) in [4.78, 5) is 26.9. The fraction of sp³-hybridized carbons (Fsp3) is 0.915. The molecule has 3 saturated heterocycles. The fourth-order valence-electron chi connectivity index (χ4n) is 14.8. The molecule has 0 amide bonds. The number of aliphatic hydroxyl groups is 10. The SMILES string of the molecule is CC1(C)CCC2(C(=O)OC3OCC(O)C(O)C3O)C(O)CC3(C)C(=CCC4C5(C)CCC(OC6OC(C(=O)O)C(O)C(O)C6OC6OC(CO)C(O)C(O)C6O)C(C)(C)C5CCC43C)C2C1. The zero-order valence-electron chi connectivity index (χ0n) is 39.0. The van der Waals surface area contributed by atoms with E-state index in [1.54, 1.807) is 0 Å². The third-order valence-electron chi connectivity index (χ3n) is 18.9. The molecule has 66 heavy (non-hydrogen) atoms. The molecule has 0 aromatic heterocycles. The van der Waals surface area contributed by atoms with E-state index >= 15 is 0 Å². The molecule has 0 radical (unpaired) electrons. The second kappa shape index (κ2) is 17.4. The highest BCUT2D eigenvalue weighted by atomic mass is 16.8. The molecule has 0 spiro atoms. The number of carboxylic acids is 1. The maximum atomic E-state index is 14.6. The van der Waals surface area contributed by atoms with E-state index < -0.39 is 133 Å². The van der Waals surface area contributed by atoms with Crippen molar-refractivity contribution in [3.05, 3.63) is 11.6 Å². The van der Waals surface area contributed by atoms with Crippen molar-refractivity contribution in [2.45, 2.75) is 204 Å². The third-order valence-corrected chi connectivity index (χ3v) is 18.9. The Kier molecular flexibility index (Phi) is 13.3. The van der Waals surface area contributed by atoms with Crippen LogP contribution in [0.25, 0.3) is 0 Å². The van der Waals surface area contributed by atoms with Crippen molar-refractivity contribution >= 4 is 11.9 Å². The van der Waals surface area contributed by atoms with Crippen LogP contribution in [0.15, 0.2) is 11.6 Å². The Balaban J connectivity index is 1.06. The lowest BCUT2D eigenvalue weighted by atomic mass is 9.33. The average Bonchev–Trinajstić information content (AvgIpc) is 3.24. The zero-order valence-corrected chi connectivity index (χ0v) is 39.0. The second-order valence-corrected chi connectivity index (χ2v) is 23.2. The van der Waals surface area contributed by atoms with Crippen molar-refractivity contribution in [1.82, 2.24) is 0 Å². The van der Waals surface area contributed by atoms with Crippen LogP contribution in [0.4, 0.5) is 0 Å². The van der Waals surface area contributed by atoms with Gasteiger partial charge in [-0.2, -0.15) is 0 Å². The van der Waals surface area contributed by atoms with Gasteiger partial charge in [0.2, 0.25) is 6.29 Å². The first-order chi connectivity index (χ1) is 30.7. The lowest BCUT2D eigenvalue weighted by Crippen LogP contribution is -2.68. The second-order valence-electron chi connectivity index (χ2n) is 23.2. The van der Waals surface area contributed by atoms with Crippen LogP contribution >= 0.6 is 0 Å². The zero-order chi connectivity index (χ0) is 48.4. The van der Waals surface area contributed by atoms with Gasteiger partial charge >= 0.3 is 11.9 Å². The smallest absolute Gasteiger partial charge is 0.335 e. The first-order valence-corrected chi connectivity index (χ1v) is 23.8. The Hall–Kier alpha value is -1.92. The first kappa shape index (κ1) is 50.5. The molecule has 8 aliphatic rings. The minimum Gasteiger partial charge on any atom is -0.479 e. The van der Waals surface area contributed by atoms with Gasteiger partial charge in [-0.05, 0) is 103 Å². The van der Waals surface area contributed by atoms with Crippen molar-refractivity contribution in [1.29, 1.82) is 0 Å². The summed E-state index contributed by atoms with van der Waals surface area (Å²) in [6.07, 6.45) is -17.8. The molecule has 3 aliphatic heterocycles. The summed E-state index contributed by atoms with van der Waals surface area (Å²) in [6, 6.07) is 0. The summed E-state index contributed by atoms with van der Waals surface area (Å²) < 4.78 is 35.4. The molecule has 4 saturated carbocycles. The van der Waals surface area contributed by atoms with Crippen molar-refractivity contribution in [3.63, 3.8) is 0 Å². The lowest BCUT2D eigenvalue weighted by molar-refractivity contribution is -0.374. The van der Waals surface area contributed by atoms with Crippen LogP contribution < -0.4 is 0 Å². The molecule has 376 valence electrons. The average molecular weight is 943 g/mol. The summed E-state index contributed by atoms with van der Waals surface area (Å²) in [5, 5.41) is 117. The molecule has 23 atom stereocenters. The minimum atomic E-state index is -1.99. The molecule has 0 aromatic carbocycles. The van der Waals surface area contributed by atoms with Crippen LogP contribution in [0.3, 0.4) is 0 Å². The molecule has 7 fully saturated rings. The molecule has 19 heteroatoms. The van der Waals surface area contributed by atoms with E-state index in [2.05, 4.69) is 54.5 Å². The highest BCUT2D eigenvalue weighted by Gasteiger charge is 2.72. The highest BCUT2D eigenvalue weighted by Crippen LogP contribution is 2.76. The molecule has 0 bridgehead atoms. The van der Waals surface area contributed by atoms with E-state index in [-0.39, 0.29) is 47.0 Å². The van der Waals surface area contributed by atoms with Gasteiger partial charge in [0, 0.05) is 0 Å². The van der Waals surface area contributed by atoms with Crippen LogP contribution in [-0.4, -0.2) is 180 Å². The number of ether oxygens (including phenoxy) is 6. The number of carboxylic acid groups (broad SMARTS) is 1. The summed E-state index contributed by atoms with van der Waals surface area (Å²) in [5.74, 6) is -2.49. The van der Waals surface area contributed by atoms with Crippen molar-refractivity contribution in [2.75, 3.05) is 13.2 Å². The Bertz CT molecular complexity index is 1860. The van der Waals surface area contributed by atoms with Gasteiger partial charge in [0.1, 0.15) is 66.5 Å². The summed E-state index contributed by atoms with van der Waals surface area (Å²) >= 11 is 0. The molecule has 11 N–H and O–H groups in total. The minimum absolute atomic E-state index is 0.0338. The maximum absolute atomic E-state index is 14.6. The van der Waals surface area contributed by atoms with E-state index in [1.807, 2.05) is 0 Å². The predicted octanol–water partition coefficient (Wildman–Crippen LogP) is -0.157. The Morgan fingerprint density at radius 3 is 2.06 bits per heavy atom. The third kappa shape index (κ3) is 7.64. The number of hydrogen-bond donors (Lipinski definition) is 11. The van der Waals surface area contributed by atoms with E-state index in [0.29, 0.717) is 38.5 Å². The summed E-state index contributed by atoms with van der Waals surface area (Å²) in [7, 11) is 0. The van der Waals surface area contributed by atoms with Gasteiger partial charge in [-0.3, -0.25) is 4.79 Å². The van der Waals surface area contributed by atoms with Crippen LogP contribution in [0, 0.1) is 50.2 Å². The van der Waals surface area contributed by atoms with Gasteiger partial charge in [-0.1, -0.05) is 60.1 Å². The maximum Gasteiger partial charge on any atom is 0.335 e. The fourth-order valence-corrected chi connectivity index (χ4v) is 14.8. The first-order valence-electron chi connectivity index (χ1n) is 23.8. The number of aliphatic hydroxyl groups excluding tert-OH is 10. The Labute approximate surface area is 385 Å². The van der Waals surface area contributed by atoms with Crippen LogP contribution in [0.1, 0.15) is 106 Å². The Morgan fingerprint density at radius 1 is 0.712 bits per heavy atom. The number of carbonyl (C=O) groups is 2. The standard InChI is InChI=1S/C47H74O19/c1-42(2)14-15-47(41(60)66-38-33(56)28(51)22(49)19-61-38)21(16-42)20-8-9-25-44(5)12-11-27(43(3,4)24(44)10-13-45(25,6)46(20,7)17-26(47)50)63-40-36(32(55)31(54)35(64-40)37(58)59)65-39-34(57)30(53)29(52)23(18-48)62-39/h8,21-36,38-40,48-57H,9-19H2,1-7H3,(H,58,59). The molecule has 23 unspecified atom stereocenters. The van der Waals surface area contributed by atoms with Gasteiger partial charge in [-0.25, -0.2) is 4.79 Å². The van der Waals surface area contributed by atoms with Crippen LogP contribution in [0.5, 0.6) is 0 Å². The van der Waals surface area contributed by atoms with Gasteiger partial charge < -0.3 is 84.6 Å². The molecule has 3 heterocycles. The number of allylic oxidation sites excluding steroid dienone is 2. The molecule has 0 aromatic rings. The number of fused-ring (bicyclic) bond motifs is 7. The van der Waals surface area contributed by atoms with Crippen molar-refractivity contribution in [3.8, 4) is 0 Å². The normalized spacial score (nSPS) is 53.2. The van der Waals surface area contributed by atoms with E-state index in [1.165, 1.54) is 0 Å². The van der Waals surface area contributed by atoms with Gasteiger partial charge in [0.15, 0.2) is 18.7 Å². The number of rotatable bonds is 8. The van der Waals surface area contributed by atoms with Gasteiger partial charge in [0.25, 0.3) is 0 Å². The van der Waals surface area contributed by atoms with Gasteiger partial charge in [-0.15, -0.1) is 0 Å².